The van der Waals surface area contributed by atoms with Gasteiger partial charge in [-0.3, -0.25) is 10.1 Å². The Hall–Kier alpha value is -2.63. The maximum absolute atomic E-state index is 10.6. The van der Waals surface area contributed by atoms with Crippen molar-refractivity contribution in [3.8, 4) is 17.4 Å². The van der Waals surface area contributed by atoms with E-state index in [1.807, 2.05) is 0 Å². The highest BCUT2D eigenvalue weighted by Gasteiger charge is 2.09. The molecule has 1 N–H and O–H groups in total. The molecule has 0 unspecified atom stereocenters. The van der Waals surface area contributed by atoms with Crippen LogP contribution in [-0.4, -0.2) is 15.0 Å². The zero-order valence-electron chi connectivity index (χ0n) is 8.61. The van der Waals surface area contributed by atoms with Crippen LogP contribution in [0.4, 0.5) is 5.69 Å². The van der Waals surface area contributed by atoms with E-state index in [4.69, 9.17) is 4.74 Å². The number of aromatic hydroxyl groups is 1. The quantitative estimate of drug-likeness (QED) is 0.649. The minimum atomic E-state index is -0.523. The lowest BCUT2D eigenvalue weighted by Crippen LogP contribution is -1.91. The van der Waals surface area contributed by atoms with Gasteiger partial charge in [-0.15, -0.1) is 0 Å². The minimum absolute atomic E-state index is 0.00741. The van der Waals surface area contributed by atoms with Crippen molar-refractivity contribution < 1.29 is 14.8 Å². The van der Waals surface area contributed by atoms with Gasteiger partial charge >= 0.3 is 0 Å². The monoisotopic (exact) mass is 232 g/mol. The highest BCUT2D eigenvalue weighted by atomic mass is 16.6. The predicted octanol–water partition coefficient (Wildman–Crippen LogP) is 2.49. The van der Waals surface area contributed by atoms with Gasteiger partial charge in [-0.25, -0.2) is 4.98 Å². The first-order chi connectivity index (χ1) is 8.16. The summed E-state index contributed by atoms with van der Waals surface area (Å²) in [5, 5.41) is 20.0. The first-order valence-corrected chi connectivity index (χ1v) is 4.73. The lowest BCUT2D eigenvalue weighted by atomic mass is 10.3. The molecule has 0 aliphatic rings. The van der Waals surface area contributed by atoms with Crippen molar-refractivity contribution in [3.63, 3.8) is 0 Å². The van der Waals surface area contributed by atoms with Gasteiger partial charge in [-0.05, 0) is 18.2 Å². The van der Waals surface area contributed by atoms with E-state index in [9.17, 15) is 15.2 Å². The summed E-state index contributed by atoms with van der Waals surface area (Å²) in [5.74, 6) is 0.125. The van der Waals surface area contributed by atoms with Crippen LogP contribution in [-0.2, 0) is 0 Å². The number of hydrogen-bond acceptors (Lipinski definition) is 5. The number of non-ortho nitro benzene ring substituents is 1. The van der Waals surface area contributed by atoms with Crippen LogP contribution in [0.2, 0.25) is 0 Å². The van der Waals surface area contributed by atoms with Crippen LogP contribution in [0, 0.1) is 10.1 Å². The summed E-state index contributed by atoms with van der Waals surface area (Å²) in [6.07, 6.45) is 1.45. The van der Waals surface area contributed by atoms with Crippen molar-refractivity contribution in [2.75, 3.05) is 0 Å². The molecule has 0 saturated heterocycles. The van der Waals surface area contributed by atoms with Gasteiger partial charge in [0.2, 0.25) is 0 Å². The number of hydrogen-bond donors (Lipinski definition) is 1. The van der Waals surface area contributed by atoms with Crippen LogP contribution in [0.15, 0.2) is 42.6 Å². The van der Waals surface area contributed by atoms with E-state index in [-0.39, 0.29) is 23.1 Å². The molecule has 0 saturated carbocycles. The van der Waals surface area contributed by atoms with Crippen LogP contribution in [0.25, 0.3) is 0 Å². The first-order valence-electron chi connectivity index (χ1n) is 4.73. The first kappa shape index (κ1) is 10.9. The van der Waals surface area contributed by atoms with E-state index in [1.54, 1.807) is 12.1 Å². The van der Waals surface area contributed by atoms with Crippen LogP contribution in [0.1, 0.15) is 0 Å². The highest BCUT2D eigenvalue weighted by Crippen LogP contribution is 2.29. The maximum atomic E-state index is 10.6. The molecule has 2 rings (SSSR count). The number of ether oxygens (including phenoxy) is 1. The fourth-order valence-corrected chi connectivity index (χ4v) is 1.23. The van der Waals surface area contributed by atoms with E-state index >= 15 is 0 Å². The number of nitro benzene ring substituents is 1. The molecule has 1 aromatic carbocycles. The van der Waals surface area contributed by atoms with Crippen LogP contribution in [0.3, 0.4) is 0 Å². The third kappa shape index (κ3) is 2.49. The zero-order valence-corrected chi connectivity index (χ0v) is 8.61. The number of nitrogens with zero attached hydrogens (tertiary/aromatic N) is 2. The van der Waals surface area contributed by atoms with Crippen LogP contribution >= 0.6 is 0 Å². The smallest absolute Gasteiger partial charge is 0.273 e. The molecule has 0 atom stereocenters. The molecule has 86 valence electrons. The molecule has 0 spiro atoms. The lowest BCUT2D eigenvalue weighted by Gasteiger charge is -2.05. The highest BCUT2D eigenvalue weighted by molar-refractivity contribution is 5.41. The summed E-state index contributed by atoms with van der Waals surface area (Å²) in [5.41, 5.74) is -0.0853. The number of nitro groups is 1. The molecule has 1 aromatic heterocycles. The Kier molecular flexibility index (Phi) is 2.87. The van der Waals surface area contributed by atoms with Gasteiger partial charge in [-0.1, -0.05) is 6.07 Å². The van der Waals surface area contributed by atoms with E-state index in [0.29, 0.717) is 0 Å². The summed E-state index contributed by atoms with van der Waals surface area (Å²) < 4.78 is 5.23. The minimum Gasteiger partial charge on any atom is -0.503 e. The summed E-state index contributed by atoms with van der Waals surface area (Å²) >= 11 is 0. The van der Waals surface area contributed by atoms with Crippen molar-refractivity contribution in [1.29, 1.82) is 0 Å². The molecule has 6 nitrogen and oxygen atoms in total. The molecule has 0 radical (unpaired) electrons. The van der Waals surface area contributed by atoms with Crippen LogP contribution in [0.5, 0.6) is 17.4 Å². The largest absolute Gasteiger partial charge is 0.503 e. The van der Waals surface area contributed by atoms with E-state index in [1.165, 1.54) is 30.5 Å². The average Bonchev–Trinajstić information content (AvgIpc) is 2.32. The molecule has 1 heterocycles. The maximum Gasteiger partial charge on any atom is 0.273 e. The second-order valence-corrected chi connectivity index (χ2v) is 3.18. The topological polar surface area (TPSA) is 85.5 Å². The molecule has 2 aromatic rings. The SMILES string of the molecule is O=[N+]([O-])c1cccc(Oc2ncccc2O)c1. The van der Waals surface area contributed by atoms with Crippen molar-refractivity contribution >= 4 is 5.69 Å². The Morgan fingerprint density at radius 1 is 1.29 bits per heavy atom. The van der Waals surface area contributed by atoms with Crippen LogP contribution < -0.4 is 4.74 Å². The molecular formula is C11H8N2O4. The average molecular weight is 232 g/mol. The Bertz CT molecular complexity index is 557. The number of benzene rings is 1. The van der Waals surface area contributed by atoms with Crippen molar-refractivity contribution in [2.45, 2.75) is 0 Å². The summed E-state index contributed by atoms with van der Waals surface area (Å²) in [6.45, 7) is 0. The standard InChI is InChI=1S/C11H8N2O4/c14-10-5-2-6-12-11(10)17-9-4-1-3-8(7-9)13(15)16/h1-7,14H. The van der Waals surface area contributed by atoms with Gasteiger partial charge in [0.1, 0.15) is 5.75 Å². The van der Waals surface area contributed by atoms with Gasteiger partial charge in [0, 0.05) is 12.3 Å². The third-order valence-electron chi connectivity index (χ3n) is 1.99. The summed E-state index contributed by atoms with van der Waals surface area (Å²) in [7, 11) is 0. The fourth-order valence-electron chi connectivity index (χ4n) is 1.23. The molecule has 0 aliphatic heterocycles. The normalized spacial score (nSPS) is 9.88. The van der Waals surface area contributed by atoms with Gasteiger partial charge in [0.15, 0.2) is 5.75 Å². The van der Waals surface area contributed by atoms with Crippen molar-refractivity contribution in [2.24, 2.45) is 0 Å². The summed E-state index contributed by atoms with van der Waals surface area (Å²) in [6, 6.07) is 8.61. The molecule has 0 fully saturated rings. The van der Waals surface area contributed by atoms with Gasteiger partial charge < -0.3 is 9.84 Å². The number of rotatable bonds is 3. The Labute approximate surface area is 96.3 Å². The van der Waals surface area contributed by atoms with Crippen molar-refractivity contribution in [3.05, 3.63) is 52.7 Å². The zero-order chi connectivity index (χ0) is 12.3. The van der Waals surface area contributed by atoms with E-state index in [0.717, 1.165) is 0 Å². The number of aromatic nitrogens is 1. The molecule has 0 amide bonds. The third-order valence-corrected chi connectivity index (χ3v) is 1.99. The van der Waals surface area contributed by atoms with E-state index < -0.39 is 4.92 Å². The second kappa shape index (κ2) is 4.48. The Morgan fingerprint density at radius 3 is 2.82 bits per heavy atom. The predicted molar refractivity (Wildman–Crippen MR) is 59.1 cm³/mol. The molecule has 0 aliphatic carbocycles. The lowest BCUT2D eigenvalue weighted by molar-refractivity contribution is -0.384. The second-order valence-electron chi connectivity index (χ2n) is 3.18. The van der Waals surface area contributed by atoms with Gasteiger partial charge in [0.05, 0.1) is 11.0 Å². The molecule has 6 heteroatoms. The molecule has 17 heavy (non-hydrogen) atoms. The molecular weight excluding hydrogens is 224 g/mol. The fraction of sp³-hybridized carbons (Fsp3) is 0. The summed E-state index contributed by atoms with van der Waals surface area (Å²) in [4.78, 5) is 13.8. The van der Waals surface area contributed by atoms with Gasteiger partial charge in [-0.2, -0.15) is 0 Å². The number of pyridine rings is 1. The molecule has 0 bridgehead atoms. The van der Waals surface area contributed by atoms with Gasteiger partial charge in [0.25, 0.3) is 11.6 Å². The van der Waals surface area contributed by atoms with E-state index in [2.05, 4.69) is 4.98 Å². The Balaban J connectivity index is 2.28. The Morgan fingerprint density at radius 2 is 2.12 bits per heavy atom. The van der Waals surface area contributed by atoms with Crippen molar-refractivity contribution in [1.82, 2.24) is 4.98 Å².